The van der Waals surface area contributed by atoms with Crippen LogP contribution in [0.4, 0.5) is 10.8 Å². The molecule has 0 radical (unpaired) electrons. The Kier molecular flexibility index (Phi) is 6.20. The third-order valence-electron chi connectivity index (χ3n) is 3.84. The Labute approximate surface area is 170 Å². The Morgan fingerprint density at radius 3 is 2.55 bits per heavy atom. The lowest BCUT2D eigenvalue weighted by molar-refractivity contribution is -0.117. The molecule has 2 N–H and O–H groups in total. The van der Waals surface area contributed by atoms with Crippen LogP contribution in [-0.4, -0.2) is 22.7 Å². The third kappa shape index (κ3) is 4.96. The van der Waals surface area contributed by atoms with E-state index in [9.17, 15) is 14.4 Å². The van der Waals surface area contributed by atoms with Crippen LogP contribution in [0.25, 0.3) is 6.08 Å². The van der Waals surface area contributed by atoms with Crippen molar-refractivity contribution < 1.29 is 18.8 Å². The second-order valence-electron chi connectivity index (χ2n) is 5.91. The summed E-state index contributed by atoms with van der Waals surface area (Å²) in [5.74, 6) is -0.721. The minimum absolute atomic E-state index is 0.170. The Morgan fingerprint density at radius 1 is 1.14 bits per heavy atom. The molecular weight excluding hydrogens is 392 g/mol. The molecular formula is C20H18N4O4S. The number of hydrazine groups is 1. The van der Waals surface area contributed by atoms with Crippen LogP contribution in [0.1, 0.15) is 28.7 Å². The number of carbonyl (C=O) groups excluding carboxylic acids is 3. The van der Waals surface area contributed by atoms with Crippen LogP contribution in [0.5, 0.6) is 0 Å². The summed E-state index contributed by atoms with van der Waals surface area (Å²) < 4.78 is 5.05. The molecule has 0 saturated carbocycles. The minimum Gasteiger partial charge on any atom is -0.469 e. The molecule has 1 aromatic carbocycles. The van der Waals surface area contributed by atoms with Gasteiger partial charge in [0, 0.05) is 18.4 Å². The average molecular weight is 410 g/mol. The van der Waals surface area contributed by atoms with E-state index in [1.54, 1.807) is 12.3 Å². The largest absolute Gasteiger partial charge is 0.469 e. The van der Waals surface area contributed by atoms with Crippen molar-refractivity contribution in [2.45, 2.75) is 13.8 Å². The average Bonchev–Trinajstić information content (AvgIpc) is 3.34. The molecule has 0 bridgehead atoms. The van der Waals surface area contributed by atoms with Crippen molar-refractivity contribution in [2.75, 3.05) is 4.90 Å². The maximum Gasteiger partial charge on any atom is 0.273 e. The van der Waals surface area contributed by atoms with E-state index >= 15 is 0 Å². The summed E-state index contributed by atoms with van der Waals surface area (Å²) in [4.78, 5) is 41.8. The highest BCUT2D eigenvalue weighted by molar-refractivity contribution is 7.14. The van der Waals surface area contributed by atoms with Gasteiger partial charge < -0.3 is 4.42 Å². The molecule has 0 aliphatic heterocycles. The van der Waals surface area contributed by atoms with E-state index in [1.165, 1.54) is 47.6 Å². The first-order valence-electron chi connectivity index (χ1n) is 8.59. The molecule has 8 nitrogen and oxygen atoms in total. The van der Waals surface area contributed by atoms with Crippen molar-refractivity contribution in [3.8, 4) is 0 Å². The first kappa shape index (κ1) is 20.0. The van der Waals surface area contributed by atoms with E-state index in [0.29, 0.717) is 27.8 Å². The van der Waals surface area contributed by atoms with Gasteiger partial charge in [0.2, 0.25) is 5.91 Å². The number of aryl methyl sites for hydroxylation is 1. The van der Waals surface area contributed by atoms with Crippen molar-refractivity contribution >= 4 is 46.0 Å². The van der Waals surface area contributed by atoms with E-state index in [0.717, 1.165) is 0 Å². The number of aromatic nitrogens is 1. The summed E-state index contributed by atoms with van der Waals surface area (Å²) in [5, 5.41) is 2.22. The third-order valence-corrected chi connectivity index (χ3v) is 4.68. The predicted octanol–water partition coefficient (Wildman–Crippen LogP) is 3.20. The van der Waals surface area contributed by atoms with Crippen LogP contribution in [0.3, 0.4) is 0 Å². The fourth-order valence-corrected chi connectivity index (χ4v) is 3.32. The lowest BCUT2D eigenvalue weighted by Crippen LogP contribution is -2.40. The van der Waals surface area contributed by atoms with Crippen LogP contribution >= 0.6 is 11.3 Å². The summed E-state index contributed by atoms with van der Waals surface area (Å²) in [7, 11) is 0. The van der Waals surface area contributed by atoms with E-state index in [4.69, 9.17) is 4.42 Å². The number of benzene rings is 1. The number of amides is 3. The highest BCUT2D eigenvalue weighted by atomic mass is 32.1. The van der Waals surface area contributed by atoms with Crippen LogP contribution in [-0.2, 0) is 9.59 Å². The molecule has 29 heavy (non-hydrogen) atoms. The molecule has 0 aliphatic rings. The van der Waals surface area contributed by atoms with Crippen LogP contribution in [0.15, 0.2) is 58.5 Å². The lowest BCUT2D eigenvalue weighted by atomic mass is 10.2. The SMILES string of the molecule is CC(=O)N(c1ccccc1)c1nc(/C=C/C(=O)NNC(=O)c2ccoc2C)cs1. The Bertz CT molecular complexity index is 1060. The highest BCUT2D eigenvalue weighted by Gasteiger charge is 2.17. The highest BCUT2D eigenvalue weighted by Crippen LogP contribution is 2.28. The standard InChI is InChI=1S/C20H18N4O4S/c1-13-17(10-11-28-13)19(27)23-22-18(26)9-8-15-12-29-20(21-15)24(14(2)25)16-6-4-3-5-7-16/h3-12H,1-2H3,(H,22,26)(H,23,27)/b9-8+. The number of rotatable bonds is 5. The quantitative estimate of drug-likeness (QED) is 0.496. The summed E-state index contributed by atoms with van der Waals surface area (Å²) >= 11 is 1.28. The monoisotopic (exact) mass is 410 g/mol. The normalized spacial score (nSPS) is 10.7. The molecule has 0 unspecified atom stereocenters. The summed E-state index contributed by atoms with van der Waals surface area (Å²) in [5.41, 5.74) is 6.15. The fraction of sp³-hybridized carbons (Fsp3) is 0.100. The van der Waals surface area contributed by atoms with Gasteiger partial charge in [-0.2, -0.15) is 0 Å². The van der Waals surface area contributed by atoms with Gasteiger partial charge in [0.15, 0.2) is 5.13 Å². The first-order valence-corrected chi connectivity index (χ1v) is 9.47. The maximum absolute atomic E-state index is 12.1. The predicted molar refractivity (Wildman–Crippen MR) is 109 cm³/mol. The van der Waals surface area contributed by atoms with E-state index in [-0.39, 0.29) is 5.91 Å². The van der Waals surface area contributed by atoms with E-state index in [2.05, 4.69) is 15.8 Å². The van der Waals surface area contributed by atoms with Gasteiger partial charge in [-0.3, -0.25) is 30.1 Å². The van der Waals surface area contributed by atoms with Gasteiger partial charge in [-0.05, 0) is 31.2 Å². The Morgan fingerprint density at radius 2 is 1.90 bits per heavy atom. The smallest absolute Gasteiger partial charge is 0.273 e. The number of anilines is 2. The number of carbonyl (C=O) groups is 3. The van der Waals surface area contributed by atoms with Gasteiger partial charge in [0.1, 0.15) is 5.76 Å². The van der Waals surface area contributed by atoms with Gasteiger partial charge in [-0.15, -0.1) is 11.3 Å². The molecule has 0 atom stereocenters. The van der Waals surface area contributed by atoms with E-state index in [1.807, 2.05) is 30.3 Å². The molecule has 0 saturated heterocycles. The first-order chi connectivity index (χ1) is 14.0. The molecule has 9 heteroatoms. The number of furan rings is 1. The second kappa shape index (κ2) is 8.98. The van der Waals surface area contributed by atoms with Gasteiger partial charge in [-0.1, -0.05) is 18.2 Å². The number of nitrogens with zero attached hydrogens (tertiary/aromatic N) is 2. The Balaban J connectivity index is 1.62. The number of thiazole rings is 1. The second-order valence-corrected chi connectivity index (χ2v) is 6.75. The molecule has 0 spiro atoms. The zero-order valence-electron chi connectivity index (χ0n) is 15.7. The molecule has 3 aromatic rings. The fourth-order valence-electron chi connectivity index (χ4n) is 2.47. The number of hydrogen-bond donors (Lipinski definition) is 2. The molecule has 2 heterocycles. The van der Waals surface area contributed by atoms with Crippen LogP contribution < -0.4 is 15.8 Å². The maximum atomic E-state index is 12.1. The van der Waals surface area contributed by atoms with E-state index < -0.39 is 11.8 Å². The molecule has 2 aromatic heterocycles. The van der Waals surface area contributed by atoms with Crippen molar-refractivity contribution in [1.29, 1.82) is 0 Å². The number of nitrogens with one attached hydrogen (secondary N) is 2. The molecule has 0 aliphatic carbocycles. The zero-order valence-corrected chi connectivity index (χ0v) is 16.5. The topological polar surface area (TPSA) is 105 Å². The zero-order chi connectivity index (χ0) is 20.8. The molecule has 0 fully saturated rings. The van der Waals surface area contributed by atoms with Crippen LogP contribution in [0, 0.1) is 6.92 Å². The summed E-state index contributed by atoms with van der Waals surface area (Å²) in [6.07, 6.45) is 4.13. The van der Waals surface area contributed by atoms with Gasteiger partial charge in [0.05, 0.1) is 23.2 Å². The number of hydrogen-bond acceptors (Lipinski definition) is 6. The van der Waals surface area contributed by atoms with Gasteiger partial charge >= 0.3 is 0 Å². The Hall–Kier alpha value is -3.72. The van der Waals surface area contributed by atoms with Crippen molar-refractivity contribution in [3.05, 3.63) is 71.1 Å². The molecule has 3 amide bonds. The van der Waals surface area contributed by atoms with Crippen molar-refractivity contribution in [1.82, 2.24) is 15.8 Å². The van der Waals surface area contributed by atoms with Gasteiger partial charge in [-0.25, -0.2) is 4.98 Å². The summed E-state index contributed by atoms with van der Waals surface area (Å²) in [6, 6.07) is 10.7. The minimum atomic E-state index is -0.527. The van der Waals surface area contributed by atoms with Gasteiger partial charge in [0.25, 0.3) is 11.8 Å². The number of para-hydroxylation sites is 1. The summed E-state index contributed by atoms with van der Waals surface area (Å²) in [6.45, 7) is 3.11. The lowest BCUT2D eigenvalue weighted by Gasteiger charge is -2.17. The van der Waals surface area contributed by atoms with Crippen LogP contribution in [0.2, 0.25) is 0 Å². The van der Waals surface area contributed by atoms with Crippen molar-refractivity contribution in [3.63, 3.8) is 0 Å². The molecule has 3 rings (SSSR count). The van der Waals surface area contributed by atoms with Crippen molar-refractivity contribution in [2.24, 2.45) is 0 Å². The molecule has 148 valence electrons.